The van der Waals surface area contributed by atoms with Crippen LogP contribution in [0.1, 0.15) is 12.6 Å². The van der Waals surface area contributed by atoms with Gasteiger partial charge in [0.05, 0.1) is 12.3 Å². The third-order valence-electron chi connectivity index (χ3n) is 2.78. The molecule has 1 aliphatic carbocycles. The molecule has 17 heavy (non-hydrogen) atoms. The summed E-state index contributed by atoms with van der Waals surface area (Å²) in [6.07, 6.45) is 2.70. The molecule has 0 spiro atoms. The molecule has 0 aromatic carbocycles. The minimum absolute atomic E-state index is 0.0699. The first-order valence-corrected chi connectivity index (χ1v) is 6.52. The maximum atomic E-state index is 13.5. The van der Waals surface area contributed by atoms with Crippen LogP contribution in [0.15, 0.2) is 0 Å². The van der Waals surface area contributed by atoms with E-state index in [2.05, 4.69) is 27.6 Å². The van der Waals surface area contributed by atoms with E-state index in [0.717, 1.165) is 19.8 Å². The van der Waals surface area contributed by atoms with Crippen LogP contribution >= 0.6 is 22.6 Å². The Morgan fingerprint density at radius 2 is 2.24 bits per heavy atom. The normalized spacial score (nSPS) is 22.8. The minimum Gasteiger partial charge on any atom is -0.359 e. The average Bonchev–Trinajstić information content (AvgIpc) is 2.58. The summed E-state index contributed by atoms with van der Waals surface area (Å²) in [5.74, 6) is -0.0699. The fraction of sp³-hybridized carbons (Fsp3) is 0.500. The van der Waals surface area contributed by atoms with Gasteiger partial charge in [0.1, 0.15) is 13.0 Å². The Morgan fingerprint density at radius 1 is 1.47 bits per heavy atom. The van der Waals surface area contributed by atoms with Crippen molar-refractivity contribution in [3.05, 3.63) is 19.8 Å². The number of H-pyrrole nitrogens is 1. The summed E-state index contributed by atoms with van der Waals surface area (Å²) in [6, 6.07) is 0. The molecule has 1 heterocycles. The summed E-state index contributed by atoms with van der Waals surface area (Å²) in [6.45, 7) is 2.59. The Morgan fingerprint density at radius 3 is 2.94 bits per heavy atom. The number of alkyl halides is 1. The van der Waals surface area contributed by atoms with Crippen LogP contribution < -0.4 is 10.6 Å². The molecular formula is C12H15FINO2. The SMILES string of the molecule is COCOCc1[nH]c2c(c1I)=CC(C)C(F)C=2. The van der Waals surface area contributed by atoms with Gasteiger partial charge in [-0.1, -0.05) is 13.0 Å². The van der Waals surface area contributed by atoms with Crippen molar-refractivity contribution < 1.29 is 13.9 Å². The van der Waals surface area contributed by atoms with Crippen molar-refractivity contribution in [3.63, 3.8) is 0 Å². The Kier molecular flexibility index (Phi) is 4.22. The van der Waals surface area contributed by atoms with Crippen molar-refractivity contribution >= 4 is 34.7 Å². The van der Waals surface area contributed by atoms with Gasteiger partial charge >= 0.3 is 0 Å². The summed E-state index contributed by atoms with van der Waals surface area (Å²) in [5.41, 5.74) is 0.974. The van der Waals surface area contributed by atoms with Crippen LogP contribution in [-0.4, -0.2) is 25.1 Å². The molecule has 0 aliphatic heterocycles. The van der Waals surface area contributed by atoms with Crippen LogP contribution in [-0.2, 0) is 16.1 Å². The lowest BCUT2D eigenvalue weighted by Crippen LogP contribution is -2.32. The summed E-state index contributed by atoms with van der Waals surface area (Å²) in [5, 5.41) is 1.94. The number of aromatic amines is 1. The van der Waals surface area contributed by atoms with Gasteiger partial charge in [-0.2, -0.15) is 0 Å². The number of nitrogens with one attached hydrogen (secondary N) is 1. The molecule has 0 saturated carbocycles. The molecule has 1 N–H and O–H groups in total. The van der Waals surface area contributed by atoms with Crippen molar-refractivity contribution in [2.24, 2.45) is 5.92 Å². The van der Waals surface area contributed by atoms with Gasteiger partial charge in [-0.3, -0.25) is 0 Å². The predicted molar refractivity (Wildman–Crippen MR) is 72.4 cm³/mol. The molecular weight excluding hydrogens is 336 g/mol. The van der Waals surface area contributed by atoms with E-state index < -0.39 is 6.17 Å². The summed E-state index contributed by atoms with van der Waals surface area (Å²) in [7, 11) is 1.58. The molecule has 5 heteroatoms. The van der Waals surface area contributed by atoms with Gasteiger partial charge < -0.3 is 14.5 Å². The molecule has 0 fully saturated rings. The Hall–Kier alpha value is -0.400. The van der Waals surface area contributed by atoms with Gasteiger partial charge in [-0.15, -0.1) is 0 Å². The quantitative estimate of drug-likeness (QED) is 0.504. The van der Waals surface area contributed by atoms with Gasteiger partial charge in [0, 0.05) is 27.2 Å². The van der Waals surface area contributed by atoms with E-state index in [1.54, 1.807) is 13.2 Å². The van der Waals surface area contributed by atoms with E-state index in [1.165, 1.54) is 0 Å². The number of ether oxygens (including phenoxy) is 2. The number of rotatable bonds is 4. The molecule has 3 nitrogen and oxygen atoms in total. The lowest BCUT2D eigenvalue weighted by atomic mass is 10.0. The van der Waals surface area contributed by atoms with Crippen LogP contribution in [0.4, 0.5) is 4.39 Å². The van der Waals surface area contributed by atoms with Crippen LogP contribution in [0, 0.1) is 9.49 Å². The summed E-state index contributed by atoms with van der Waals surface area (Å²) < 4.78 is 24.8. The zero-order valence-electron chi connectivity index (χ0n) is 9.80. The van der Waals surface area contributed by atoms with Crippen molar-refractivity contribution in [2.45, 2.75) is 19.7 Å². The number of hydrogen-bond acceptors (Lipinski definition) is 2. The molecule has 1 aromatic heterocycles. The van der Waals surface area contributed by atoms with Crippen LogP contribution in [0.5, 0.6) is 0 Å². The molecule has 0 amide bonds. The van der Waals surface area contributed by atoms with Gasteiger partial charge in [-0.05, 0) is 28.7 Å². The monoisotopic (exact) mass is 351 g/mol. The predicted octanol–water partition coefficient (Wildman–Crippen LogP) is 1.29. The first-order chi connectivity index (χ1) is 8.13. The topological polar surface area (TPSA) is 34.2 Å². The Labute approximate surface area is 113 Å². The lowest BCUT2D eigenvalue weighted by molar-refractivity contribution is -0.0402. The number of hydrogen-bond donors (Lipinski definition) is 1. The van der Waals surface area contributed by atoms with E-state index >= 15 is 0 Å². The zero-order chi connectivity index (χ0) is 12.4. The highest BCUT2D eigenvalue weighted by Gasteiger charge is 2.17. The van der Waals surface area contributed by atoms with Crippen LogP contribution in [0.25, 0.3) is 12.2 Å². The minimum atomic E-state index is -0.912. The maximum absolute atomic E-state index is 13.5. The summed E-state index contributed by atoms with van der Waals surface area (Å²) in [4.78, 5) is 3.20. The van der Waals surface area contributed by atoms with E-state index in [9.17, 15) is 4.39 Å². The maximum Gasteiger partial charge on any atom is 0.146 e. The van der Waals surface area contributed by atoms with Crippen LogP contribution in [0.2, 0.25) is 0 Å². The second kappa shape index (κ2) is 5.49. The molecule has 0 radical (unpaired) electrons. The molecule has 2 unspecified atom stereocenters. The third kappa shape index (κ3) is 2.71. The average molecular weight is 351 g/mol. The standard InChI is InChI=1S/C12H15FINO2/c1-7-3-8-10(4-9(7)13)15-11(12(8)14)5-17-6-16-2/h3-4,7,9,15H,5-6H2,1-2H3. The van der Waals surface area contributed by atoms with E-state index in [-0.39, 0.29) is 12.7 Å². The Bertz CT molecular complexity index is 511. The fourth-order valence-electron chi connectivity index (χ4n) is 1.85. The Balaban J connectivity index is 2.31. The molecule has 1 aromatic rings. The van der Waals surface area contributed by atoms with Crippen molar-refractivity contribution in [2.75, 3.05) is 13.9 Å². The smallest absolute Gasteiger partial charge is 0.146 e. The van der Waals surface area contributed by atoms with E-state index in [4.69, 9.17) is 9.47 Å². The lowest BCUT2D eigenvalue weighted by Gasteiger charge is -2.10. The highest BCUT2D eigenvalue weighted by molar-refractivity contribution is 14.1. The van der Waals surface area contributed by atoms with Crippen molar-refractivity contribution in [1.82, 2.24) is 4.98 Å². The molecule has 2 rings (SSSR count). The number of halogens is 2. The molecule has 2 atom stereocenters. The first kappa shape index (κ1) is 13.0. The number of aromatic nitrogens is 1. The van der Waals surface area contributed by atoms with Gasteiger partial charge in [-0.25, -0.2) is 4.39 Å². The van der Waals surface area contributed by atoms with Gasteiger partial charge in [0.2, 0.25) is 0 Å². The highest BCUT2D eigenvalue weighted by Crippen LogP contribution is 2.14. The van der Waals surface area contributed by atoms with E-state index in [1.807, 2.05) is 13.0 Å². The second-order valence-corrected chi connectivity index (χ2v) is 5.22. The highest BCUT2D eigenvalue weighted by atomic mass is 127. The number of methoxy groups -OCH3 is 1. The molecule has 0 saturated heterocycles. The second-order valence-electron chi connectivity index (χ2n) is 4.14. The molecule has 1 aliphatic rings. The fourth-order valence-corrected chi connectivity index (χ4v) is 2.61. The van der Waals surface area contributed by atoms with E-state index in [0.29, 0.717) is 6.61 Å². The molecule has 0 bridgehead atoms. The first-order valence-electron chi connectivity index (χ1n) is 5.44. The summed E-state index contributed by atoms with van der Waals surface area (Å²) >= 11 is 2.26. The largest absolute Gasteiger partial charge is 0.359 e. The van der Waals surface area contributed by atoms with Crippen molar-refractivity contribution in [3.8, 4) is 0 Å². The zero-order valence-corrected chi connectivity index (χ0v) is 12.0. The van der Waals surface area contributed by atoms with Gasteiger partial charge in [0.25, 0.3) is 0 Å². The third-order valence-corrected chi connectivity index (χ3v) is 4.01. The van der Waals surface area contributed by atoms with Crippen molar-refractivity contribution in [1.29, 1.82) is 0 Å². The number of fused-ring (bicyclic) bond motifs is 1. The van der Waals surface area contributed by atoms with Crippen LogP contribution in [0.3, 0.4) is 0 Å². The van der Waals surface area contributed by atoms with Gasteiger partial charge in [0.15, 0.2) is 0 Å². The molecule has 94 valence electrons.